The van der Waals surface area contributed by atoms with Crippen molar-refractivity contribution in [3.63, 3.8) is 0 Å². The van der Waals surface area contributed by atoms with Crippen LogP contribution in [-0.2, 0) is 9.53 Å². The van der Waals surface area contributed by atoms with Crippen LogP contribution >= 0.6 is 0 Å². The van der Waals surface area contributed by atoms with Crippen LogP contribution in [0.2, 0.25) is 0 Å². The quantitative estimate of drug-likeness (QED) is 0.689. The minimum Gasteiger partial charge on any atom is -0.385 e. The average Bonchev–Trinajstić information content (AvgIpc) is 2.23. The fourth-order valence-electron chi connectivity index (χ4n) is 1.12. The number of hydrogen-bond donors (Lipinski definition) is 2. The Morgan fingerprint density at radius 2 is 1.88 bits per heavy atom. The number of hydrogen-bond acceptors (Lipinski definition) is 3. The lowest BCUT2D eigenvalue weighted by atomic mass is 9.88. The summed E-state index contributed by atoms with van der Waals surface area (Å²) in [6, 6.07) is 0. The highest BCUT2D eigenvalue weighted by Gasteiger charge is 2.27. The first-order valence-corrected chi connectivity index (χ1v) is 5.72. The molecule has 0 aliphatic rings. The van der Waals surface area contributed by atoms with Crippen LogP contribution in [0.15, 0.2) is 0 Å². The van der Waals surface area contributed by atoms with Crippen LogP contribution in [0.1, 0.15) is 34.1 Å². The van der Waals surface area contributed by atoms with E-state index in [9.17, 15) is 4.79 Å². The normalized spacial score (nSPS) is 12.6. The number of carbonyl (C=O) groups excluding carboxylic acids is 1. The Kier molecular flexibility index (Phi) is 5.97. The zero-order valence-electron chi connectivity index (χ0n) is 11.2. The predicted octanol–water partition coefficient (Wildman–Crippen LogP) is 1.15. The molecule has 0 aliphatic heterocycles. The van der Waals surface area contributed by atoms with Gasteiger partial charge in [0.2, 0.25) is 5.91 Å². The maximum Gasteiger partial charge on any atom is 0.226 e. The highest BCUT2D eigenvalue weighted by Crippen LogP contribution is 2.20. The zero-order chi connectivity index (χ0) is 12.8. The lowest BCUT2D eigenvalue weighted by molar-refractivity contribution is -0.129. The minimum atomic E-state index is -0.489. The summed E-state index contributed by atoms with van der Waals surface area (Å²) in [6.45, 7) is 9.65. The fourth-order valence-corrected chi connectivity index (χ4v) is 1.12. The summed E-state index contributed by atoms with van der Waals surface area (Å²) in [6.07, 6.45) is 0.923. The smallest absolute Gasteiger partial charge is 0.226 e. The number of rotatable bonds is 7. The van der Waals surface area contributed by atoms with Gasteiger partial charge in [0.15, 0.2) is 0 Å². The Hall–Kier alpha value is -0.610. The summed E-state index contributed by atoms with van der Waals surface area (Å²) in [5, 5.41) is 2.95. The van der Waals surface area contributed by atoms with Crippen LogP contribution in [0.4, 0.5) is 0 Å². The molecule has 0 radical (unpaired) electrons. The van der Waals surface area contributed by atoms with Crippen molar-refractivity contribution in [2.75, 3.05) is 26.8 Å². The second-order valence-corrected chi connectivity index (χ2v) is 5.68. The summed E-state index contributed by atoms with van der Waals surface area (Å²) >= 11 is 0. The van der Waals surface area contributed by atoms with Crippen LogP contribution in [0.5, 0.6) is 0 Å². The van der Waals surface area contributed by atoms with E-state index in [4.69, 9.17) is 10.5 Å². The third kappa shape index (κ3) is 5.47. The maximum atomic E-state index is 11.8. The Morgan fingerprint density at radius 3 is 2.31 bits per heavy atom. The molecule has 0 saturated heterocycles. The molecule has 0 spiro atoms. The minimum absolute atomic E-state index is 0.0143. The van der Waals surface area contributed by atoms with E-state index in [2.05, 4.69) is 19.2 Å². The SMILES string of the molecule is COCCC(C)(C)CNC(=O)C(C)(C)CN. The average molecular weight is 230 g/mol. The molecule has 0 saturated carbocycles. The van der Waals surface area contributed by atoms with Gasteiger partial charge in [-0.25, -0.2) is 0 Å². The molecule has 0 aliphatic carbocycles. The topological polar surface area (TPSA) is 64.3 Å². The van der Waals surface area contributed by atoms with Gasteiger partial charge in [-0.3, -0.25) is 4.79 Å². The van der Waals surface area contributed by atoms with E-state index in [1.807, 2.05) is 13.8 Å². The number of nitrogens with two attached hydrogens (primary N) is 1. The molecule has 0 aromatic rings. The molecule has 3 N–H and O–H groups in total. The molecule has 0 unspecified atom stereocenters. The molecule has 0 heterocycles. The largest absolute Gasteiger partial charge is 0.385 e. The molecular formula is C12H26N2O2. The van der Waals surface area contributed by atoms with E-state index in [-0.39, 0.29) is 11.3 Å². The first-order valence-electron chi connectivity index (χ1n) is 5.72. The first kappa shape index (κ1) is 15.4. The van der Waals surface area contributed by atoms with Crippen molar-refractivity contribution in [2.24, 2.45) is 16.6 Å². The number of carbonyl (C=O) groups is 1. The monoisotopic (exact) mass is 230 g/mol. The van der Waals surface area contributed by atoms with E-state index < -0.39 is 5.41 Å². The molecule has 0 bridgehead atoms. The lowest BCUT2D eigenvalue weighted by Gasteiger charge is -2.28. The molecule has 0 rings (SSSR count). The molecule has 4 heteroatoms. The molecule has 0 atom stereocenters. The highest BCUT2D eigenvalue weighted by molar-refractivity contribution is 5.82. The van der Waals surface area contributed by atoms with Gasteiger partial charge < -0.3 is 15.8 Å². The van der Waals surface area contributed by atoms with Gasteiger partial charge in [-0.05, 0) is 25.7 Å². The number of nitrogens with one attached hydrogen (secondary N) is 1. The molecule has 0 fully saturated rings. The van der Waals surface area contributed by atoms with Gasteiger partial charge >= 0.3 is 0 Å². The van der Waals surface area contributed by atoms with Crippen LogP contribution in [0.3, 0.4) is 0 Å². The third-order valence-corrected chi connectivity index (χ3v) is 2.84. The van der Waals surface area contributed by atoms with Crippen molar-refractivity contribution in [3.8, 4) is 0 Å². The molecule has 4 nitrogen and oxygen atoms in total. The molecule has 0 aromatic heterocycles. The Morgan fingerprint density at radius 1 is 1.31 bits per heavy atom. The second kappa shape index (κ2) is 6.21. The molecule has 96 valence electrons. The van der Waals surface area contributed by atoms with Crippen molar-refractivity contribution >= 4 is 5.91 Å². The zero-order valence-corrected chi connectivity index (χ0v) is 11.2. The maximum absolute atomic E-state index is 11.8. The van der Waals surface area contributed by atoms with Gasteiger partial charge in [-0.15, -0.1) is 0 Å². The van der Waals surface area contributed by atoms with Gasteiger partial charge in [0.25, 0.3) is 0 Å². The van der Waals surface area contributed by atoms with Crippen molar-refractivity contribution < 1.29 is 9.53 Å². The van der Waals surface area contributed by atoms with Gasteiger partial charge in [0.1, 0.15) is 0 Å². The summed E-state index contributed by atoms with van der Waals surface area (Å²) in [4.78, 5) is 11.8. The fraction of sp³-hybridized carbons (Fsp3) is 0.917. The standard InChI is InChI=1S/C12H26N2O2/c1-11(2,6-7-16-5)9-14-10(15)12(3,4)8-13/h6-9,13H2,1-5H3,(H,14,15). The predicted molar refractivity (Wildman–Crippen MR) is 66.1 cm³/mol. The van der Waals surface area contributed by atoms with E-state index >= 15 is 0 Å². The third-order valence-electron chi connectivity index (χ3n) is 2.84. The summed E-state index contributed by atoms with van der Waals surface area (Å²) in [5.74, 6) is 0.0143. The molecule has 1 amide bonds. The Balaban J connectivity index is 4.09. The van der Waals surface area contributed by atoms with Crippen LogP contribution in [0, 0.1) is 10.8 Å². The van der Waals surface area contributed by atoms with E-state index in [1.54, 1.807) is 7.11 Å². The Bertz CT molecular complexity index is 225. The lowest BCUT2D eigenvalue weighted by Crippen LogP contribution is -2.45. The van der Waals surface area contributed by atoms with Gasteiger partial charge in [0, 0.05) is 26.8 Å². The number of amides is 1. The second-order valence-electron chi connectivity index (χ2n) is 5.68. The van der Waals surface area contributed by atoms with Gasteiger partial charge in [-0.1, -0.05) is 13.8 Å². The highest BCUT2D eigenvalue weighted by atomic mass is 16.5. The van der Waals surface area contributed by atoms with Crippen molar-refractivity contribution in [1.29, 1.82) is 0 Å². The van der Waals surface area contributed by atoms with E-state index in [0.717, 1.165) is 6.42 Å². The Labute approximate surface area is 98.9 Å². The van der Waals surface area contributed by atoms with Gasteiger partial charge in [0.05, 0.1) is 5.41 Å². The number of methoxy groups -OCH3 is 1. The molecule has 0 aromatic carbocycles. The van der Waals surface area contributed by atoms with E-state index in [1.165, 1.54) is 0 Å². The summed E-state index contributed by atoms with van der Waals surface area (Å²) in [7, 11) is 1.69. The summed E-state index contributed by atoms with van der Waals surface area (Å²) < 4.78 is 5.04. The van der Waals surface area contributed by atoms with Crippen molar-refractivity contribution in [3.05, 3.63) is 0 Å². The van der Waals surface area contributed by atoms with Crippen LogP contribution < -0.4 is 11.1 Å². The van der Waals surface area contributed by atoms with Gasteiger partial charge in [-0.2, -0.15) is 0 Å². The number of ether oxygens (including phenoxy) is 1. The first-order chi connectivity index (χ1) is 7.25. The van der Waals surface area contributed by atoms with E-state index in [0.29, 0.717) is 19.7 Å². The molecular weight excluding hydrogens is 204 g/mol. The van der Waals surface area contributed by atoms with Crippen molar-refractivity contribution in [2.45, 2.75) is 34.1 Å². The summed E-state index contributed by atoms with van der Waals surface area (Å²) in [5.41, 5.74) is 5.11. The van der Waals surface area contributed by atoms with Crippen LogP contribution in [0.25, 0.3) is 0 Å². The van der Waals surface area contributed by atoms with Crippen LogP contribution in [-0.4, -0.2) is 32.7 Å². The molecule has 16 heavy (non-hydrogen) atoms. The van der Waals surface area contributed by atoms with Crippen molar-refractivity contribution in [1.82, 2.24) is 5.32 Å².